The third kappa shape index (κ3) is 3.71. The molecular formula is C12H19N3O2. The zero-order chi connectivity index (χ0) is 12.8. The van der Waals surface area contributed by atoms with E-state index in [9.17, 15) is 4.79 Å². The van der Waals surface area contributed by atoms with Crippen LogP contribution >= 0.6 is 0 Å². The van der Waals surface area contributed by atoms with Crippen molar-refractivity contribution in [3.05, 3.63) is 30.0 Å². The van der Waals surface area contributed by atoms with E-state index in [-0.39, 0.29) is 5.78 Å². The van der Waals surface area contributed by atoms with Crippen molar-refractivity contribution in [1.29, 1.82) is 0 Å². The molecule has 0 aliphatic rings. The smallest absolute Gasteiger partial charge is 0.205 e. The third-order valence-electron chi connectivity index (χ3n) is 2.35. The Hall–Kier alpha value is -1.62. The number of ether oxygens (including phenoxy) is 1. The van der Waals surface area contributed by atoms with Gasteiger partial charge in [0.1, 0.15) is 11.5 Å². The average molecular weight is 237 g/mol. The lowest BCUT2D eigenvalue weighted by Crippen LogP contribution is -2.13. The largest absolute Gasteiger partial charge is 0.383 e. The minimum Gasteiger partial charge on any atom is -0.383 e. The van der Waals surface area contributed by atoms with Gasteiger partial charge in [-0.25, -0.2) is 4.98 Å². The van der Waals surface area contributed by atoms with Crippen molar-refractivity contribution in [3.8, 4) is 0 Å². The summed E-state index contributed by atoms with van der Waals surface area (Å²) in [7, 11) is 5.38. The maximum atomic E-state index is 11.9. The fourth-order valence-corrected chi connectivity index (χ4v) is 1.43. The van der Waals surface area contributed by atoms with E-state index in [0.717, 1.165) is 5.82 Å². The maximum Gasteiger partial charge on any atom is 0.205 e. The number of methoxy groups -OCH3 is 1. The quantitative estimate of drug-likeness (QED) is 0.549. The van der Waals surface area contributed by atoms with Crippen LogP contribution in [0.15, 0.2) is 18.5 Å². The van der Waals surface area contributed by atoms with Crippen molar-refractivity contribution in [3.63, 3.8) is 0 Å². The van der Waals surface area contributed by atoms with Gasteiger partial charge in [-0.2, -0.15) is 0 Å². The van der Waals surface area contributed by atoms with Gasteiger partial charge >= 0.3 is 0 Å². The molecule has 17 heavy (non-hydrogen) atoms. The Morgan fingerprint density at radius 1 is 1.59 bits per heavy atom. The second-order valence-corrected chi connectivity index (χ2v) is 3.98. The molecule has 0 aromatic carbocycles. The summed E-state index contributed by atoms with van der Waals surface area (Å²) in [5.74, 6) is 0.777. The number of rotatable bonds is 6. The molecular weight excluding hydrogens is 218 g/mol. The highest BCUT2D eigenvalue weighted by Crippen LogP contribution is 2.06. The van der Waals surface area contributed by atoms with Gasteiger partial charge in [-0.15, -0.1) is 0 Å². The molecule has 0 saturated carbocycles. The Morgan fingerprint density at radius 3 is 2.88 bits per heavy atom. The van der Waals surface area contributed by atoms with Crippen LogP contribution in [-0.2, 0) is 11.3 Å². The minimum atomic E-state index is -0.0459. The number of allylic oxidation sites excluding steroid dienone is 1. The first-order valence-corrected chi connectivity index (χ1v) is 5.46. The van der Waals surface area contributed by atoms with Crippen molar-refractivity contribution >= 4 is 5.78 Å². The molecule has 0 aliphatic carbocycles. The second-order valence-electron chi connectivity index (χ2n) is 3.98. The predicted octanol–water partition coefficient (Wildman–Crippen LogP) is 1.10. The molecule has 1 rings (SSSR count). The maximum absolute atomic E-state index is 11.9. The lowest BCUT2D eigenvalue weighted by molar-refractivity contribution is 0.103. The third-order valence-corrected chi connectivity index (χ3v) is 2.35. The molecule has 0 radical (unpaired) electrons. The monoisotopic (exact) mass is 237 g/mol. The van der Waals surface area contributed by atoms with Crippen molar-refractivity contribution in [1.82, 2.24) is 14.5 Å². The van der Waals surface area contributed by atoms with Crippen LogP contribution in [0.4, 0.5) is 0 Å². The van der Waals surface area contributed by atoms with E-state index in [4.69, 9.17) is 4.74 Å². The zero-order valence-electron chi connectivity index (χ0n) is 10.8. The normalized spacial score (nSPS) is 11.1. The van der Waals surface area contributed by atoms with Crippen molar-refractivity contribution in [2.45, 2.75) is 13.5 Å². The van der Waals surface area contributed by atoms with Gasteiger partial charge in [0, 0.05) is 40.0 Å². The SMILES string of the molecule is COCCn1c(C(=O)C=CN(C)C)cnc1C. The van der Waals surface area contributed by atoms with Gasteiger partial charge in [0.2, 0.25) is 5.78 Å². The zero-order valence-corrected chi connectivity index (χ0v) is 10.8. The summed E-state index contributed by atoms with van der Waals surface area (Å²) in [6, 6.07) is 0. The van der Waals surface area contributed by atoms with Crippen LogP contribution in [0.5, 0.6) is 0 Å². The van der Waals surface area contributed by atoms with Crippen LogP contribution in [0.2, 0.25) is 0 Å². The van der Waals surface area contributed by atoms with Crippen LogP contribution < -0.4 is 0 Å². The van der Waals surface area contributed by atoms with E-state index < -0.39 is 0 Å². The predicted molar refractivity (Wildman–Crippen MR) is 66.0 cm³/mol. The summed E-state index contributed by atoms with van der Waals surface area (Å²) >= 11 is 0. The van der Waals surface area contributed by atoms with Crippen LogP contribution in [-0.4, -0.2) is 48.0 Å². The summed E-state index contributed by atoms with van der Waals surface area (Å²) in [6.07, 6.45) is 4.87. The fourth-order valence-electron chi connectivity index (χ4n) is 1.43. The number of hydrogen-bond donors (Lipinski definition) is 0. The van der Waals surface area contributed by atoms with Crippen molar-refractivity contribution < 1.29 is 9.53 Å². The lowest BCUT2D eigenvalue weighted by Gasteiger charge is -2.08. The fraction of sp³-hybridized carbons (Fsp3) is 0.500. The molecule has 0 fully saturated rings. The number of nitrogens with zero attached hydrogens (tertiary/aromatic N) is 3. The molecule has 0 N–H and O–H groups in total. The molecule has 0 spiro atoms. The van der Waals surface area contributed by atoms with Crippen LogP contribution in [0.25, 0.3) is 0 Å². The van der Waals surface area contributed by atoms with Gasteiger partial charge < -0.3 is 14.2 Å². The molecule has 94 valence electrons. The molecule has 1 aromatic heterocycles. The molecule has 0 aliphatic heterocycles. The highest BCUT2D eigenvalue weighted by molar-refractivity contribution is 6.03. The Bertz CT molecular complexity index is 408. The molecule has 5 heteroatoms. The molecule has 5 nitrogen and oxygen atoms in total. The van der Waals surface area contributed by atoms with Gasteiger partial charge in [0.05, 0.1) is 12.8 Å². The van der Waals surface area contributed by atoms with E-state index in [1.54, 1.807) is 25.6 Å². The van der Waals surface area contributed by atoms with Gasteiger partial charge in [0.25, 0.3) is 0 Å². The van der Waals surface area contributed by atoms with Crippen LogP contribution in [0.1, 0.15) is 16.3 Å². The van der Waals surface area contributed by atoms with E-state index in [2.05, 4.69) is 4.98 Å². The van der Waals surface area contributed by atoms with Crippen molar-refractivity contribution in [2.24, 2.45) is 0 Å². The van der Waals surface area contributed by atoms with Gasteiger partial charge in [-0.05, 0) is 6.92 Å². The second kappa shape index (κ2) is 6.20. The summed E-state index contributed by atoms with van der Waals surface area (Å²) in [5.41, 5.74) is 0.595. The summed E-state index contributed by atoms with van der Waals surface area (Å²) in [6.45, 7) is 3.08. The first-order valence-electron chi connectivity index (χ1n) is 5.46. The number of hydrogen-bond acceptors (Lipinski definition) is 4. The Balaban J connectivity index is 2.86. The molecule has 0 unspecified atom stereocenters. The summed E-state index contributed by atoms with van der Waals surface area (Å²) in [5, 5.41) is 0. The number of imidazole rings is 1. The Labute approximate surface area is 102 Å². The molecule has 0 amide bonds. The lowest BCUT2D eigenvalue weighted by atomic mass is 10.3. The number of carbonyl (C=O) groups excluding carboxylic acids is 1. The van der Waals surface area contributed by atoms with Gasteiger partial charge in [0.15, 0.2) is 0 Å². The summed E-state index contributed by atoms with van der Waals surface area (Å²) < 4.78 is 6.88. The summed E-state index contributed by atoms with van der Waals surface area (Å²) in [4.78, 5) is 17.9. The molecule has 1 heterocycles. The van der Waals surface area contributed by atoms with Crippen LogP contribution in [0, 0.1) is 6.92 Å². The first kappa shape index (κ1) is 13.4. The Morgan fingerprint density at radius 2 is 2.29 bits per heavy atom. The van der Waals surface area contributed by atoms with E-state index in [1.807, 2.05) is 30.5 Å². The average Bonchev–Trinajstić information content (AvgIpc) is 2.65. The number of ketones is 1. The van der Waals surface area contributed by atoms with E-state index in [1.165, 1.54) is 0 Å². The highest BCUT2D eigenvalue weighted by atomic mass is 16.5. The number of aromatic nitrogens is 2. The molecule has 0 atom stereocenters. The molecule has 0 bridgehead atoms. The topological polar surface area (TPSA) is 47.4 Å². The standard InChI is InChI=1S/C12H19N3O2/c1-10-13-9-11(15(10)7-8-17-4)12(16)5-6-14(2)3/h5-6,9H,7-8H2,1-4H3. The Kier molecular flexibility index (Phi) is 4.90. The van der Waals surface area contributed by atoms with E-state index >= 15 is 0 Å². The first-order chi connectivity index (χ1) is 8.06. The molecule has 1 aromatic rings. The van der Waals surface area contributed by atoms with Gasteiger partial charge in [-0.1, -0.05) is 0 Å². The van der Waals surface area contributed by atoms with Crippen LogP contribution in [0.3, 0.4) is 0 Å². The van der Waals surface area contributed by atoms with Crippen molar-refractivity contribution in [2.75, 3.05) is 27.8 Å². The molecule has 0 saturated heterocycles. The highest BCUT2D eigenvalue weighted by Gasteiger charge is 2.11. The minimum absolute atomic E-state index is 0.0459. The van der Waals surface area contributed by atoms with E-state index in [0.29, 0.717) is 18.8 Å². The number of aryl methyl sites for hydroxylation is 1. The van der Waals surface area contributed by atoms with Gasteiger partial charge in [-0.3, -0.25) is 4.79 Å². The number of carbonyl (C=O) groups is 1.